The number of nitro groups is 1. The lowest BCUT2D eigenvalue weighted by molar-refractivity contribution is -0.384. The van der Waals surface area contributed by atoms with Crippen LogP contribution in [0.15, 0.2) is 24.3 Å². The number of nitrogens with zero attached hydrogens (tertiary/aromatic N) is 2. The summed E-state index contributed by atoms with van der Waals surface area (Å²) in [5.74, 6) is 0.531. The third-order valence-electron chi connectivity index (χ3n) is 3.70. The molecule has 2 N–H and O–H groups in total. The molecule has 18 heavy (non-hydrogen) atoms. The fraction of sp³-hybridized carbons (Fsp3) is 0.538. The summed E-state index contributed by atoms with van der Waals surface area (Å²) in [6, 6.07) is 7.14. The van der Waals surface area contributed by atoms with Gasteiger partial charge in [0, 0.05) is 25.2 Å². The Morgan fingerprint density at radius 2 is 2.00 bits per heavy atom. The van der Waals surface area contributed by atoms with Crippen molar-refractivity contribution in [3.63, 3.8) is 0 Å². The number of anilines is 1. The normalized spacial score (nSPS) is 18.7. The van der Waals surface area contributed by atoms with Gasteiger partial charge in [0.05, 0.1) is 4.92 Å². The van der Waals surface area contributed by atoms with E-state index in [9.17, 15) is 10.1 Å². The summed E-state index contributed by atoms with van der Waals surface area (Å²) < 4.78 is 0. The van der Waals surface area contributed by atoms with E-state index in [4.69, 9.17) is 5.73 Å². The average Bonchev–Trinajstić information content (AvgIpc) is 2.39. The molecule has 0 aliphatic carbocycles. The predicted octanol–water partition coefficient (Wildman–Crippen LogP) is 2.16. The number of rotatable bonds is 3. The molecule has 1 fully saturated rings. The van der Waals surface area contributed by atoms with Crippen molar-refractivity contribution in [3.05, 3.63) is 34.4 Å². The molecule has 0 saturated carbocycles. The maximum atomic E-state index is 11.0. The zero-order valence-electron chi connectivity index (χ0n) is 10.6. The Balaban J connectivity index is 2.12. The van der Waals surface area contributed by atoms with Gasteiger partial charge in [0.2, 0.25) is 0 Å². The molecule has 1 heterocycles. The van der Waals surface area contributed by atoms with Crippen LogP contribution in [0.1, 0.15) is 19.8 Å². The summed E-state index contributed by atoms with van der Waals surface area (Å²) in [5.41, 5.74) is 6.82. The van der Waals surface area contributed by atoms with Gasteiger partial charge in [-0.15, -0.1) is 0 Å². The summed E-state index contributed by atoms with van der Waals surface area (Å²) >= 11 is 0. The monoisotopic (exact) mass is 249 g/mol. The third-order valence-corrected chi connectivity index (χ3v) is 3.70. The van der Waals surface area contributed by atoms with E-state index in [1.807, 2.05) is 19.1 Å². The molecule has 1 saturated heterocycles. The lowest BCUT2D eigenvalue weighted by atomic mass is 9.90. The van der Waals surface area contributed by atoms with Gasteiger partial charge in [-0.2, -0.15) is 0 Å². The molecule has 1 atom stereocenters. The topological polar surface area (TPSA) is 72.4 Å². The van der Waals surface area contributed by atoms with E-state index in [0.29, 0.717) is 5.92 Å². The second kappa shape index (κ2) is 5.35. The van der Waals surface area contributed by atoms with Crippen molar-refractivity contribution >= 4 is 11.4 Å². The lowest BCUT2D eigenvalue weighted by Crippen LogP contribution is -2.39. The Morgan fingerprint density at radius 3 is 2.56 bits per heavy atom. The molecule has 1 aromatic rings. The van der Waals surface area contributed by atoms with Crippen molar-refractivity contribution in [3.8, 4) is 0 Å². The van der Waals surface area contributed by atoms with Gasteiger partial charge in [-0.3, -0.25) is 10.1 Å². The summed E-state index contributed by atoms with van der Waals surface area (Å²) in [7, 11) is 0. The summed E-state index contributed by atoms with van der Waals surface area (Å²) in [6.45, 7) is 3.72. The summed E-state index contributed by atoms with van der Waals surface area (Å²) in [6.07, 6.45) is 2.01. The lowest BCUT2D eigenvalue weighted by Gasteiger charge is -2.34. The van der Waals surface area contributed by atoms with Gasteiger partial charge in [-0.05, 0) is 31.7 Å². The molecule has 0 spiro atoms. The largest absolute Gasteiger partial charge is 0.366 e. The first-order valence-corrected chi connectivity index (χ1v) is 6.33. The van der Waals surface area contributed by atoms with Crippen molar-refractivity contribution in [1.82, 2.24) is 0 Å². The minimum atomic E-state index is -0.313. The van der Waals surface area contributed by atoms with Crippen molar-refractivity contribution in [1.29, 1.82) is 0 Å². The Morgan fingerprint density at radius 1 is 1.39 bits per heavy atom. The quantitative estimate of drug-likeness (QED) is 0.658. The van der Waals surface area contributed by atoms with Gasteiger partial charge in [0.15, 0.2) is 0 Å². The molecule has 98 valence electrons. The predicted molar refractivity (Wildman–Crippen MR) is 71.7 cm³/mol. The van der Waals surface area contributed by atoms with E-state index in [1.54, 1.807) is 12.1 Å². The highest BCUT2D eigenvalue weighted by atomic mass is 16.6. The Bertz CT molecular complexity index is 426. The number of piperidine rings is 1. The Kier molecular flexibility index (Phi) is 3.81. The van der Waals surface area contributed by atoms with Gasteiger partial charge < -0.3 is 10.6 Å². The fourth-order valence-corrected chi connectivity index (χ4v) is 2.55. The molecular formula is C13H19N3O2. The molecular weight excluding hydrogens is 230 g/mol. The standard InChI is InChI=1S/C13H19N3O2/c1-10(14)11-6-8-15(9-7-11)12-4-2-3-5-13(12)16(17)18/h2-5,10-11H,6-9,14H2,1H3. The van der Waals surface area contributed by atoms with Crippen LogP contribution in [-0.4, -0.2) is 24.1 Å². The first-order chi connectivity index (χ1) is 8.59. The van der Waals surface area contributed by atoms with E-state index >= 15 is 0 Å². The maximum Gasteiger partial charge on any atom is 0.292 e. The van der Waals surface area contributed by atoms with Crippen LogP contribution in [0.4, 0.5) is 11.4 Å². The highest BCUT2D eigenvalue weighted by molar-refractivity contribution is 5.63. The second-order valence-corrected chi connectivity index (χ2v) is 4.93. The Labute approximate surface area is 107 Å². The summed E-state index contributed by atoms with van der Waals surface area (Å²) in [5, 5.41) is 11.0. The molecule has 5 nitrogen and oxygen atoms in total. The van der Waals surface area contributed by atoms with Gasteiger partial charge in [-0.25, -0.2) is 0 Å². The maximum absolute atomic E-state index is 11.0. The van der Waals surface area contributed by atoms with Crippen LogP contribution >= 0.6 is 0 Å². The zero-order valence-corrected chi connectivity index (χ0v) is 10.6. The fourth-order valence-electron chi connectivity index (χ4n) is 2.55. The van der Waals surface area contributed by atoms with E-state index in [2.05, 4.69) is 4.90 Å². The van der Waals surface area contributed by atoms with Crippen molar-refractivity contribution in [2.45, 2.75) is 25.8 Å². The molecule has 5 heteroatoms. The third kappa shape index (κ3) is 2.61. The smallest absolute Gasteiger partial charge is 0.292 e. The van der Waals surface area contributed by atoms with Gasteiger partial charge >= 0.3 is 0 Å². The van der Waals surface area contributed by atoms with Gasteiger partial charge in [0.1, 0.15) is 5.69 Å². The van der Waals surface area contributed by atoms with E-state index in [0.717, 1.165) is 31.6 Å². The van der Waals surface area contributed by atoms with E-state index < -0.39 is 0 Å². The minimum Gasteiger partial charge on any atom is -0.366 e. The van der Waals surface area contributed by atoms with E-state index in [-0.39, 0.29) is 16.7 Å². The highest BCUT2D eigenvalue weighted by Crippen LogP contribution is 2.31. The molecule has 0 amide bonds. The van der Waals surface area contributed by atoms with Crippen LogP contribution in [0, 0.1) is 16.0 Å². The second-order valence-electron chi connectivity index (χ2n) is 4.93. The molecule has 1 aliphatic heterocycles. The SMILES string of the molecule is CC(N)C1CCN(c2ccccc2[N+](=O)[O-])CC1. The Hall–Kier alpha value is -1.62. The molecule has 0 bridgehead atoms. The first-order valence-electron chi connectivity index (χ1n) is 6.33. The molecule has 1 aromatic carbocycles. The number of nitro benzene ring substituents is 1. The number of hydrogen-bond donors (Lipinski definition) is 1. The van der Waals surface area contributed by atoms with Crippen LogP contribution in [0.25, 0.3) is 0 Å². The number of nitrogens with two attached hydrogens (primary N) is 1. The molecule has 0 aromatic heterocycles. The van der Waals surface area contributed by atoms with Crippen molar-refractivity contribution in [2.24, 2.45) is 11.7 Å². The van der Waals surface area contributed by atoms with Crippen LogP contribution in [-0.2, 0) is 0 Å². The van der Waals surface area contributed by atoms with Crippen LogP contribution in [0.2, 0.25) is 0 Å². The summed E-state index contributed by atoms with van der Waals surface area (Å²) in [4.78, 5) is 12.8. The molecule has 1 aliphatic rings. The molecule has 0 radical (unpaired) electrons. The minimum absolute atomic E-state index is 0.191. The van der Waals surface area contributed by atoms with Crippen molar-refractivity contribution in [2.75, 3.05) is 18.0 Å². The van der Waals surface area contributed by atoms with Crippen LogP contribution in [0.3, 0.4) is 0 Å². The van der Waals surface area contributed by atoms with Gasteiger partial charge in [0.25, 0.3) is 5.69 Å². The molecule has 2 rings (SSSR count). The molecule has 1 unspecified atom stereocenters. The van der Waals surface area contributed by atoms with Crippen molar-refractivity contribution < 1.29 is 4.92 Å². The van der Waals surface area contributed by atoms with Gasteiger partial charge in [-0.1, -0.05) is 12.1 Å². The number of benzene rings is 1. The first kappa shape index (κ1) is 12.8. The number of hydrogen-bond acceptors (Lipinski definition) is 4. The number of para-hydroxylation sites is 2. The van der Waals surface area contributed by atoms with E-state index in [1.165, 1.54) is 0 Å². The average molecular weight is 249 g/mol. The highest BCUT2D eigenvalue weighted by Gasteiger charge is 2.25. The van der Waals surface area contributed by atoms with Crippen LogP contribution in [0.5, 0.6) is 0 Å². The zero-order chi connectivity index (χ0) is 13.1. The van der Waals surface area contributed by atoms with Crippen LogP contribution < -0.4 is 10.6 Å².